The first kappa shape index (κ1) is 22.0. The fourth-order valence-corrected chi connectivity index (χ4v) is 3.51. The van der Waals surface area contributed by atoms with Gasteiger partial charge in [-0.1, -0.05) is 62.4 Å². The van der Waals surface area contributed by atoms with E-state index in [0.29, 0.717) is 22.9 Å². The van der Waals surface area contributed by atoms with Gasteiger partial charge in [0, 0.05) is 17.2 Å². The van der Waals surface area contributed by atoms with Gasteiger partial charge in [0.25, 0.3) is 0 Å². The van der Waals surface area contributed by atoms with Gasteiger partial charge in [0.2, 0.25) is 0 Å². The second kappa shape index (κ2) is 9.49. The fourth-order valence-electron chi connectivity index (χ4n) is 3.51. The molecule has 0 radical (unpaired) electrons. The van der Waals surface area contributed by atoms with Gasteiger partial charge < -0.3 is 14.6 Å². The van der Waals surface area contributed by atoms with E-state index in [1.807, 2.05) is 66.7 Å². The van der Waals surface area contributed by atoms with Crippen molar-refractivity contribution in [3.8, 4) is 23.0 Å². The predicted molar refractivity (Wildman–Crippen MR) is 129 cm³/mol. The molecule has 0 unspecified atom stereocenters. The van der Waals surface area contributed by atoms with E-state index >= 15 is 0 Å². The first-order chi connectivity index (χ1) is 15.9. The van der Waals surface area contributed by atoms with Gasteiger partial charge in [-0.3, -0.25) is 5.32 Å². The third-order valence-electron chi connectivity index (χ3n) is 5.42. The summed E-state index contributed by atoms with van der Waals surface area (Å²) >= 11 is 0. The summed E-state index contributed by atoms with van der Waals surface area (Å²) in [5, 5.41) is 12.6. The van der Waals surface area contributed by atoms with Crippen LogP contribution in [0.2, 0.25) is 0 Å². The van der Waals surface area contributed by atoms with Gasteiger partial charge in [-0.05, 0) is 59.7 Å². The predicted octanol–water partition coefficient (Wildman–Crippen LogP) is 7.12. The van der Waals surface area contributed by atoms with Gasteiger partial charge in [0.05, 0.1) is 0 Å². The van der Waals surface area contributed by atoms with Crippen LogP contribution >= 0.6 is 0 Å². The van der Waals surface area contributed by atoms with Crippen LogP contribution in [0.25, 0.3) is 0 Å². The number of amides is 1. The van der Waals surface area contributed by atoms with Crippen molar-refractivity contribution in [1.29, 1.82) is 0 Å². The van der Waals surface area contributed by atoms with Gasteiger partial charge in [-0.15, -0.1) is 0 Å². The molecule has 4 aromatic rings. The molecule has 0 atom stereocenters. The summed E-state index contributed by atoms with van der Waals surface area (Å²) in [6.45, 7) is 4.17. The van der Waals surface area contributed by atoms with E-state index in [9.17, 15) is 9.90 Å². The Balaban J connectivity index is 1.40. The summed E-state index contributed by atoms with van der Waals surface area (Å²) in [6.07, 6.45) is -0.591. The molecule has 4 aromatic carbocycles. The minimum atomic E-state index is -0.591. The molecule has 0 aliphatic carbocycles. The Morgan fingerprint density at radius 1 is 0.727 bits per heavy atom. The minimum Gasteiger partial charge on any atom is -0.508 e. The summed E-state index contributed by atoms with van der Waals surface area (Å²) in [7, 11) is 0. The number of nitrogens with one attached hydrogen (secondary N) is 1. The fraction of sp³-hybridized carbons (Fsp3) is 0.107. The molecule has 0 aromatic heterocycles. The Morgan fingerprint density at radius 2 is 1.39 bits per heavy atom. The molecule has 0 saturated carbocycles. The number of para-hydroxylation sites is 1. The van der Waals surface area contributed by atoms with Crippen molar-refractivity contribution in [1.82, 2.24) is 0 Å². The number of phenols is 1. The lowest BCUT2D eigenvalue weighted by molar-refractivity contribution is 0.215. The summed E-state index contributed by atoms with van der Waals surface area (Å²) in [5.41, 5.74) is 2.36. The smallest absolute Gasteiger partial charge is 0.417 e. The maximum atomic E-state index is 12.4. The zero-order valence-corrected chi connectivity index (χ0v) is 18.5. The number of hydrogen-bond acceptors (Lipinski definition) is 4. The molecule has 0 fully saturated rings. The lowest BCUT2D eigenvalue weighted by atomic mass is 9.78. The van der Waals surface area contributed by atoms with Crippen LogP contribution in [0.5, 0.6) is 23.0 Å². The van der Waals surface area contributed by atoms with E-state index in [-0.39, 0.29) is 11.2 Å². The Kier molecular flexibility index (Phi) is 6.31. The monoisotopic (exact) mass is 439 g/mol. The molecule has 0 saturated heterocycles. The lowest BCUT2D eigenvalue weighted by Gasteiger charge is -2.26. The molecule has 5 nitrogen and oxygen atoms in total. The zero-order chi connectivity index (χ0) is 23.3. The zero-order valence-electron chi connectivity index (χ0n) is 18.5. The van der Waals surface area contributed by atoms with E-state index in [2.05, 4.69) is 19.2 Å². The number of rotatable bonds is 6. The van der Waals surface area contributed by atoms with E-state index in [0.717, 1.165) is 11.1 Å². The number of carbonyl (C=O) groups is 1. The molecule has 0 spiro atoms. The molecule has 0 aliphatic rings. The highest BCUT2D eigenvalue weighted by Gasteiger charge is 2.23. The maximum Gasteiger partial charge on any atom is 0.417 e. The normalized spacial score (nSPS) is 11.0. The van der Waals surface area contributed by atoms with Crippen molar-refractivity contribution < 1.29 is 19.4 Å². The molecular formula is C28H25NO4. The molecule has 4 rings (SSSR count). The number of hydrogen-bond donors (Lipinski definition) is 2. The largest absolute Gasteiger partial charge is 0.508 e. The molecular weight excluding hydrogens is 414 g/mol. The highest BCUT2D eigenvalue weighted by atomic mass is 16.6. The lowest BCUT2D eigenvalue weighted by Crippen LogP contribution is -2.19. The Bertz CT molecular complexity index is 1230. The highest BCUT2D eigenvalue weighted by Crippen LogP contribution is 2.33. The van der Waals surface area contributed by atoms with Crippen LogP contribution in [0.4, 0.5) is 10.5 Å². The van der Waals surface area contributed by atoms with Crippen LogP contribution in [0.3, 0.4) is 0 Å². The van der Waals surface area contributed by atoms with Crippen LogP contribution in [0, 0.1) is 0 Å². The Morgan fingerprint density at radius 3 is 2.12 bits per heavy atom. The van der Waals surface area contributed by atoms with Gasteiger partial charge in [-0.25, -0.2) is 4.79 Å². The van der Waals surface area contributed by atoms with Crippen molar-refractivity contribution >= 4 is 11.8 Å². The standard InChI is InChI=1S/C28H25NO4/c1-28(2,21-8-6-9-23(30)18-21)20-14-16-22(17-15-20)29-27(31)33-26-13-7-12-25(19-26)32-24-10-4-3-5-11-24/h3-19,30H,1-2H3,(H,29,31). The summed E-state index contributed by atoms with van der Waals surface area (Å²) in [6, 6.07) is 31.1. The molecule has 1 amide bonds. The van der Waals surface area contributed by atoms with Crippen molar-refractivity contribution in [3.63, 3.8) is 0 Å². The number of phenolic OH excluding ortho intramolecular Hbond substituents is 1. The molecule has 166 valence electrons. The van der Waals surface area contributed by atoms with Crippen LogP contribution < -0.4 is 14.8 Å². The second-order valence-corrected chi connectivity index (χ2v) is 8.16. The van der Waals surface area contributed by atoms with Crippen molar-refractivity contribution in [2.45, 2.75) is 19.3 Å². The molecule has 0 bridgehead atoms. The molecule has 0 heterocycles. The third kappa shape index (κ3) is 5.52. The van der Waals surface area contributed by atoms with E-state index in [4.69, 9.17) is 9.47 Å². The SMILES string of the molecule is CC(C)(c1ccc(NC(=O)Oc2cccc(Oc3ccccc3)c2)cc1)c1cccc(O)c1. The van der Waals surface area contributed by atoms with E-state index < -0.39 is 6.09 Å². The Labute approximate surface area is 193 Å². The number of ether oxygens (including phenoxy) is 2. The average molecular weight is 440 g/mol. The van der Waals surface area contributed by atoms with Crippen LogP contribution in [-0.4, -0.2) is 11.2 Å². The van der Waals surface area contributed by atoms with Crippen LogP contribution in [-0.2, 0) is 5.41 Å². The first-order valence-electron chi connectivity index (χ1n) is 10.6. The first-order valence-corrected chi connectivity index (χ1v) is 10.6. The quantitative estimate of drug-likeness (QED) is 0.336. The van der Waals surface area contributed by atoms with Gasteiger partial charge in [0.15, 0.2) is 0 Å². The minimum absolute atomic E-state index is 0.236. The molecule has 33 heavy (non-hydrogen) atoms. The van der Waals surface area contributed by atoms with Gasteiger partial charge >= 0.3 is 6.09 Å². The second-order valence-electron chi connectivity index (χ2n) is 8.16. The van der Waals surface area contributed by atoms with E-state index in [1.54, 1.807) is 36.4 Å². The van der Waals surface area contributed by atoms with Crippen LogP contribution in [0.1, 0.15) is 25.0 Å². The highest BCUT2D eigenvalue weighted by molar-refractivity contribution is 5.86. The van der Waals surface area contributed by atoms with Crippen molar-refractivity contribution in [2.24, 2.45) is 0 Å². The van der Waals surface area contributed by atoms with Crippen molar-refractivity contribution in [2.75, 3.05) is 5.32 Å². The van der Waals surface area contributed by atoms with Crippen LogP contribution in [0.15, 0.2) is 103 Å². The molecule has 0 aliphatic heterocycles. The van der Waals surface area contributed by atoms with E-state index in [1.165, 1.54) is 0 Å². The maximum absolute atomic E-state index is 12.4. The number of benzene rings is 4. The van der Waals surface area contributed by atoms with Gasteiger partial charge in [0.1, 0.15) is 23.0 Å². The third-order valence-corrected chi connectivity index (χ3v) is 5.42. The number of anilines is 1. The summed E-state index contributed by atoms with van der Waals surface area (Å²) in [5.74, 6) is 1.89. The number of aromatic hydroxyl groups is 1. The summed E-state index contributed by atoms with van der Waals surface area (Å²) in [4.78, 5) is 12.4. The number of carbonyl (C=O) groups excluding carboxylic acids is 1. The molecule has 2 N–H and O–H groups in total. The topological polar surface area (TPSA) is 67.8 Å². The summed E-state index contributed by atoms with van der Waals surface area (Å²) < 4.78 is 11.2. The Hall–Kier alpha value is -4.25. The van der Waals surface area contributed by atoms with Crippen molar-refractivity contribution in [3.05, 3.63) is 114 Å². The average Bonchev–Trinajstić information content (AvgIpc) is 2.80. The molecule has 5 heteroatoms. The van der Waals surface area contributed by atoms with Gasteiger partial charge in [-0.2, -0.15) is 0 Å².